The topological polar surface area (TPSA) is 159 Å². The van der Waals surface area contributed by atoms with Crippen molar-refractivity contribution in [3.8, 4) is 23.0 Å². The molecule has 0 radical (unpaired) electrons. The van der Waals surface area contributed by atoms with Crippen LogP contribution in [0.2, 0.25) is 0 Å². The van der Waals surface area contributed by atoms with Gasteiger partial charge in [0, 0.05) is 48.4 Å². The van der Waals surface area contributed by atoms with Crippen molar-refractivity contribution in [2.75, 3.05) is 20.3 Å². The zero-order valence-corrected chi connectivity index (χ0v) is 28.4. The maximum Gasteiger partial charge on any atom is 0.303 e. The van der Waals surface area contributed by atoms with Crippen LogP contribution in [-0.2, 0) is 20.7 Å². The fourth-order valence-corrected chi connectivity index (χ4v) is 7.78. The van der Waals surface area contributed by atoms with Crippen LogP contribution >= 0.6 is 0 Å². The Morgan fingerprint density at radius 2 is 1.78 bits per heavy atom. The number of aromatic amines is 1. The Bertz CT molecular complexity index is 1840. The van der Waals surface area contributed by atoms with Gasteiger partial charge in [-0.05, 0) is 83.7 Å². The summed E-state index contributed by atoms with van der Waals surface area (Å²) in [6.07, 6.45) is 4.02. The minimum atomic E-state index is -1.21. The van der Waals surface area contributed by atoms with E-state index in [9.17, 15) is 24.9 Å². The van der Waals surface area contributed by atoms with Gasteiger partial charge in [-0.1, -0.05) is 43.2 Å². The highest BCUT2D eigenvalue weighted by atomic mass is 16.6. The molecule has 2 aliphatic carbocycles. The van der Waals surface area contributed by atoms with Gasteiger partial charge in [-0.25, -0.2) is 0 Å². The molecule has 10 heteroatoms. The van der Waals surface area contributed by atoms with Crippen LogP contribution in [0.5, 0.6) is 23.0 Å². The average Bonchev–Trinajstić information content (AvgIpc) is 3.48. The number of carbonyl (C=O) groups is 2. The summed E-state index contributed by atoms with van der Waals surface area (Å²) in [7, 11) is 1.51. The number of hydrogen-bond donors (Lipinski definition) is 5. The van der Waals surface area contributed by atoms with Gasteiger partial charge in [0.05, 0.1) is 19.8 Å². The van der Waals surface area contributed by atoms with Crippen molar-refractivity contribution in [3.05, 3.63) is 89.1 Å². The van der Waals surface area contributed by atoms with E-state index in [0.717, 1.165) is 59.0 Å². The van der Waals surface area contributed by atoms with Gasteiger partial charge in [0.15, 0.2) is 23.0 Å². The van der Waals surface area contributed by atoms with Crippen LogP contribution in [0.1, 0.15) is 73.8 Å². The largest absolute Gasteiger partial charge is 0.504 e. The lowest BCUT2D eigenvalue weighted by atomic mass is 9.69. The number of phenolic OH excluding ortho intramolecular Hbond substituents is 2. The summed E-state index contributed by atoms with van der Waals surface area (Å²) in [6, 6.07) is 18.4. The van der Waals surface area contributed by atoms with Gasteiger partial charge in [-0.2, -0.15) is 0 Å². The molecule has 3 aromatic carbocycles. The number of ketones is 1. The quantitative estimate of drug-likeness (QED) is 0.104. The zero-order chi connectivity index (χ0) is 35.4. The Hall–Kier alpha value is -4.80. The molecule has 6 rings (SSSR count). The molecule has 0 spiro atoms. The van der Waals surface area contributed by atoms with E-state index < -0.39 is 18.2 Å². The summed E-state index contributed by atoms with van der Waals surface area (Å²) < 4.78 is 16.5. The Labute approximate surface area is 291 Å². The molecule has 1 fully saturated rings. The number of aromatic hydroxyl groups is 2. The number of para-hydroxylation sites is 1. The number of H-pyrrole nitrogens is 1. The van der Waals surface area contributed by atoms with Crippen molar-refractivity contribution in [2.24, 2.45) is 11.8 Å². The average molecular weight is 684 g/mol. The van der Waals surface area contributed by atoms with Gasteiger partial charge in [0.1, 0.15) is 18.5 Å². The van der Waals surface area contributed by atoms with Crippen LogP contribution in [0.25, 0.3) is 16.5 Å². The Morgan fingerprint density at radius 3 is 2.54 bits per heavy atom. The molecular weight excluding hydrogens is 638 g/mol. The lowest BCUT2D eigenvalue weighted by Crippen LogP contribution is -2.35. The molecule has 0 aliphatic heterocycles. The third-order valence-corrected chi connectivity index (χ3v) is 10.1. The van der Waals surface area contributed by atoms with Crippen molar-refractivity contribution < 1.29 is 44.2 Å². The summed E-state index contributed by atoms with van der Waals surface area (Å²) >= 11 is 0. The molecule has 0 bridgehead atoms. The number of phenols is 2. The lowest BCUT2D eigenvalue weighted by molar-refractivity contribution is -0.154. The smallest absolute Gasteiger partial charge is 0.303 e. The van der Waals surface area contributed by atoms with Gasteiger partial charge < -0.3 is 39.6 Å². The van der Waals surface area contributed by atoms with E-state index in [1.807, 2.05) is 24.3 Å². The molecular formula is C40H45NO9. The second kappa shape index (κ2) is 15.4. The van der Waals surface area contributed by atoms with E-state index in [1.54, 1.807) is 18.2 Å². The molecule has 1 saturated carbocycles. The Morgan fingerprint density at radius 1 is 0.980 bits per heavy atom. The highest BCUT2D eigenvalue weighted by Crippen LogP contribution is 2.51. The number of nitrogens with one attached hydrogen (secondary N) is 1. The highest BCUT2D eigenvalue weighted by molar-refractivity contribution is 5.90. The number of hydrogen-bond acceptors (Lipinski definition) is 9. The van der Waals surface area contributed by atoms with Crippen LogP contribution in [0.15, 0.2) is 66.7 Å². The van der Waals surface area contributed by atoms with E-state index in [-0.39, 0.29) is 73.3 Å². The van der Waals surface area contributed by atoms with Gasteiger partial charge in [0.25, 0.3) is 0 Å². The summed E-state index contributed by atoms with van der Waals surface area (Å²) in [5.41, 5.74) is 5.27. The van der Waals surface area contributed by atoms with Crippen LogP contribution in [0.3, 0.4) is 0 Å². The first-order chi connectivity index (χ1) is 24.1. The van der Waals surface area contributed by atoms with Crippen molar-refractivity contribution in [1.82, 2.24) is 4.98 Å². The van der Waals surface area contributed by atoms with Crippen LogP contribution < -0.4 is 9.47 Å². The third kappa shape index (κ3) is 7.66. The molecule has 2 aliphatic rings. The summed E-state index contributed by atoms with van der Waals surface area (Å²) in [5.74, 6) is -0.261. The van der Waals surface area contributed by atoms with E-state index in [0.29, 0.717) is 11.3 Å². The minimum absolute atomic E-state index is 0.0133. The van der Waals surface area contributed by atoms with Gasteiger partial charge in [-0.15, -0.1) is 0 Å². The van der Waals surface area contributed by atoms with Crippen LogP contribution in [0.4, 0.5) is 0 Å². The van der Waals surface area contributed by atoms with Crippen molar-refractivity contribution >= 4 is 28.2 Å². The number of aromatic nitrogens is 1. The van der Waals surface area contributed by atoms with Crippen molar-refractivity contribution in [1.29, 1.82) is 0 Å². The normalized spacial score (nSPS) is 19.8. The standard InChI is InChI=1S/C40H45NO9/c1-23(43)50-40(36(46)15-24-11-12-35(45)39(16-24)49-14-13-42)20-27(44)19-29-28-9-5-3-7-25(28)17-32(30-21-37(47)38(48-2)22-31(29)30)34-18-26-8-4-6-10-33(26)41-34/h4,6,8,10-12,16-18,21-22,25,28-29,36,40-42,45-47H,3,5,7,9,13-15,19-20H2,1-2H3/t25-,28+,29-,36-,40+/m1/s1. The first-order valence-corrected chi connectivity index (χ1v) is 17.3. The molecule has 4 aromatic rings. The molecule has 1 heterocycles. The van der Waals surface area contributed by atoms with Crippen LogP contribution in [0, 0.1) is 11.8 Å². The fourth-order valence-electron chi connectivity index (χ4n) is 7.78. The van der Waals surface area contributed by atoms with Crippen LogP contribution in [-0.4, -0.2) is 69.7 Å². The molecule has 10 nitrogen and oxygen atoms in total. The van der Waals surface area contributed by atoms with E-state index in [4.69, 9.17) is 19.3 Å². The second-order valence-corrected chi connectivity index (χ2v) is 13.4. The molecule has 0 unspecified atom stereocenters. The van der Waals surface area contributed by atoms with Gasteiger partial charge >= 0.3 is 5.97 Å². The summed E-state index contributed by atoms with van der Waals surface area (Å²) in [5, 5.41) is 42.6. The molecule has 264 valence electrons. The number of benzene rings is 3. The predicted octanol–water partition coefficient (Wildman–Crippen LogP) is 6.18. The summed E-state index contributed by atoms with van der Waals surface area (Å²) in [6.45, 7) is 1.00. The first-order valence-electron chi connectivity index (χ1n) is 17.3. The SMILES string of the molecule is COc1cc2c(cc1O)C(c1cc3ccccc3[nH]1)=C[C@H]1CCCC[C@@H]1[C@H]2CC(=O)C[C@H](OC(C)=O)[C@H](O)Cc1ccc(O)c(OCCO)c1. The zero-order valence-electron chi connectivity index (χ0n) is 28.4. The van der Waals surface area contributed by atoms with E-state index >= 15 is 0 Å². The molecule has 50 heavy (non-hydrogen) atoms. The third-order valence-electron chi connectivity index (χ3n) is 10.1. The Balaban J connectivity index is 1.31. The maximum atomic E-state index is 14.1. The molecule has 1 aromatic heterocycles. The number of aliphatic hydroxyl groups is 2. The predicted molar refractivity (Wildman–Crippen MR) is 188 cm³/mol. The number of methoxy groups -OCH3 is 1. The summed E-state index contributed by atoms with van der Waals surface area (Å²) in [4.78, 5) is 29.8. The fraction of sp³-hybridized carbons (Fsp3) is 0.400. The minimum Gasteiger partial charge on any atom is -0.504 e. The number of ether oxygens (including phenoxy) is 3. The lowest BCUT2D eigenvalue weighted by Gasteiger charge is -2.35. The van der Waals surface area contributed by atoms with E-state index in [1.165, 1.54) is 20.1 Å². The number of aliphatic hydroxyl groups excluding tert-OH is 2. The van der Waals surface area contributed by atoms with E-state index in [2.05, 4.69) is 23.2 Å². The number of esters is 1. The number of allylic oxidation sites excluding steroid dienone is 1. The number of fused-ring (bicyclic) bond motifs is 3. The second-order valence-electron chi connectivity index (χ2n) is 13.4. The Kier molecular flexibility index (Phi) is 10.8. The van der Waals surface area contributed by atoms with Gasteiger partial charge in [0.2, 0.25) is 0 Å². The molecule has 0 amide bonds. The monoisotopic (exact) mass is 683 g/mol. The maximum absolute atomic E-state index is 14.1. The molecule has 5 atom stereocenters. The highest BCUT2D eigenvalue weighted by Gasteiger charge is 2.39. The van der Waals surface area contributed by atoms with Crippen molar-refractivity contribution in [2.45, 2.75) is 70.0 Å². The molecule has 5 N–H and O–H groups in total. The number of Topliss-reactive ketones (excluding diaryl/α,β-unsaturated/α-hetero) is 1. The number of carbonyl (C=O) groups excluding carboxylic acids is 2. The molecule has 0 saturated heterocycles. The first kappa shape index (κ1) is 35.0. The van der Waals surface area contributed by atoms with Crippen molar-refractivity contribution in [3.63, 3.8) is 0 Å². The number of rotatable bonds is 13. The van der Waals surface area contributed by atoms with Gasteiger partial charge in [-0.3, -0.25) is 9.59 Å².